The molecule has 0 unspecified atom stereocenters. The van der Waals surface area contributed by atoms with Gasteiger partial charge in [0.25, 0.3) is 0 Å². The summed E-state index contributed by atoms with van der Waals surface area (Å²) in [6, 6.07) is 61.2. The summed E-state index contributed by atoms with van der Waals surface area (Å²) in [4.78, 5) is 2.38. The van der Waals surface area contributed by atoms with Crippen LogP contribution >= 0.6 is 11.3 Å². The molecule has 0 spiro atoms. The predicted molar refractivity (Wildman–Crippen MR) is 213 cm³/mol. The van der Waals surface area contributed by atoms with Crippen molar-refractivity contribution in [3.8, 4) is 5.69 Å². The molecule has 0 radical (unpaired) electrons. The highest BCUT2D eigenvalue weighted by molar-refractivity contribution is 7.26. The van der Waals surface area contributed by atoms with Gasteiger partial charge in [-0.3, -0.25) is 0 Å². The molecular weight excluding hydrogens is 629 g/mol. The predicted octanol–water partition coefficient (Wildman–Crippen LogP) is 13.7. The lowest BCUT2D eigenvalue weighted by Crippen LogP contribution is -2.10. The fourth-order valence-corrected chi connectivity index (χ4v) is 9.14. The number of anilines is 3. The van der Waals surface area contributed by atoms with Gasteiger partial charge in [-0.2, -0.15) is 0 Å². The van der Waals surface area contributed by atoms with Gasteiger partial charge >= 0.3 is 0 Å². The second-order valence-electron chi connectivity index (χ2n) is 12.9. The lowest BCUT2D eigenvalue weighted by molar-refractivity contribution is 0.669. The minimum atomic E-state index is 0.874. The molecule has 11 aromatic rings. The van der Waals surface area contributed by atoms with Gasteiger partial charge in [0.2, 0.25) is 0 Å². The quantitative estimate of drug-likeness (QED) is 0.188. The average molecular weight is 657 g/mol. The monoisotopic (exact) mass is 656 g/mol. The summed E-state index contributed by atoms with van der Waals surface area (Å²) in [7, 11) is 0. The number of fused-ring (bicyclic) bond motifs is 11. The molecule has 0 atom stereocenters. The molecule has 0 aliphatic carbocycles. The zero-order valence-corrected chi connectivity index (χ0v) is 27.7. The number of aromatic nitrogens is 1. The lowest BCUT2D eigenvalue weighted by Gasteiger charge is -2.26. The summed E-state index contributed by atoms with van der Waals surface area (Å²) in [5.74, 6) is 0. The molecule has 11 rings (SSSR count). The molecule has 0 bridgehead atoms. The van der Waals surface area contributed by atoms with Crippen LogP contribution < -0.4 is 4.90 Å². The summed E-state index contributed by atoms with van der Waals surface area (Å²) in [5, 5.41) is 9.80. The van der Waals surface area contributed by atoms with Gasteiger partial charge in [0, 0.05) is 58.8 Å². The van der Waals surface area contributed by atoms with E-state index in [-0.39, 0.29) is 0 Å². The number of para-hydroxylation sites is 4. The van der Waals surface area contributed by atoms with Gasteiger partial charge in [-0.15, -0.1) is 11.3 Å². The van der Waals surface area contributed by atoms with Gasteiger partial charge in [0.1, 0.15) is 5.58 Å². The van der Waals surface area contributed by atoms with Crippen molar-refractivity contribution in [1.82, 2.24) is 4.57 Å². The summed E-state index contributed by atoms with van der Waals surface area (Å²) in [5.41, 5.74) is 8.40. The number of thiophene rings is 1. The first-order chi connectivity index (χ1) is 24.8. The van der Waals surface area contributed by atoms with Gasteiger partial charge in [-0.05, 0) is 71.4 Å². The molecule has 4 heteroatoms. The smallest absolute Gasteiger partial charge is 0.159 e. The Bertz CT molecular complexity index is 3110. The first-order valence-electron chi connectivity index (χ1n) is 16.9. The van der Waals surface area contributed by atoms with Gasteiger partial charge in [0.15, 0.2) is 5.58 Å². The molecule has 0 aliphatic heterocycles. The third kappa shape index (κ3) is 3.97. The molecule has 3 heterocycles. The molecule has 0 amide bonds. The van der Waals surface area contributed by atoms with Gasteiger partial charge in [-0.1, -0.05) is 109 Å². The molecule has 0 aliphatic rings. The maximum atomic E-state index is 6.68. The van der Waals surface area contributed by atoms with Crippen LogP contribution in [0, 0.1) is 0 Å². The molecule has 3 nitrogen and oxygen atoms in total. The number of hydrogen-bond donors (Lipinski definition) is 0. The van der Waals surface area contributed by atoms with Gasteiger partial charge in [0.05, 0.1) is 16.7 Å². The highest BCUT2D eigenvalue weighted by atomic mass is 32.1. The van der Waals surface area contributed by atoms with E-state index < -0.39 is 0 Å². The normalized spacial score (nSPS) is 12.0. The van der Waals surface area contributed by atoms with Crippen LogP contribution in [0.5, 0.6) is 0 Å². The second kappa shape index (κ2) is 10.6. The van der Waals surface area contributed by atoms with Crippen LogP contribution in [0.25, 0.3) is 80.4 Å². The van der Waals surface area contributed by atoms with Crippen LogP contribution in [0.2, 0.25) is 0 Å². The molecule has 3 aromatic heterocycles. The maximum Gasteiger partial charge on any atom is 0.159 e. The van der Waals surface area contributed by atoms with E-state index in [0.29, 0.717) is 0 Å². The van der Waals surface area contributed by atoms with E-state index in [9.17, 15) is 0 Å². The molecule has 0 saturated heterocycles. The molecule has 0 N–H and O–H groups in total. The van der Waals surface area contributed by atoms with Crippen molar-refractivity contribution in [2.45, 2.75) is 0 Å². The van der Waals surface area contributed by atoms with Crippen molar-refractivity contribution < 1.29 is 4.42 Å². The number of nitrogens with zero attached hydrogens (tertiary/aromatic N) is 2. The van der Waals surface area contributed by atoms with Crippen molar-refractivity contribution in [3.05, 3.63) is 170 Å². The summed E-state index contributed by atoms with van der Waals surface area (Å²) < 4.78 is 11.7. The Morgan fingerprint density at radius 3 is 2.08 bits per heavy atom. The Labute approximate surface area is 291 Å². The topological polar surface area (TPSA) is 21.3 Å². The Morgan fingerprint density at radius 1 is 0.460 bits per heavy atom. The van der Waals surface area contributed by atoms with E-state index >= 15 is 0 Å². The Morgan fingerprint density at radius 2 is 1.16 bits per heavy atom. The van der Waals surface area contributed by atoms with E-state index in [2.05, 4.69) is 173 Å². The van der Waals surface area contributed by atoms with Crippen molar-refractivity contribution in [2.24, 2.45) is 0 Å². The van der Waals surface area contributed by atoms with Crippen LogP contribution in [-0.2, 0) is 0 Å². The van der Waals surface area contributed by atoms with Crippen LogP contribution in [0.15, 0.2) is 174 Å². The van der Waals surface area contributed by atoms with Crippen molar-refractivity contribution in [3.63, 3.8) is 0 Å². The van der Waals surface area contributed by atoms with Crippen molar-refractivity contribution >= 4 is 103 Å². The fraction of sp³-hybridized carbons (Fsp3) is 0. The standard InChI is InChI=1S/C46H28N2OS/c1-2-12-30(13-3-1)48-40-18-8-6-15-34(40)35-25-22-32(28-42(35)48)47(41-19-10-17-37-36-16-7-9-20-43(36)49-45(37)41)31-23-26-44-39(27-31)38-24-21-29-11-4-5-14-33(29)46(38)50-44/h1-28H. The Hall–Kier alpha value is -6.36. The minimum absolute atomic E-state index is 0.874. The van der Waals surface area contributed by atoms with Crippen molar-refractivity contribution in [2.75, 3.05) is 4.90 Å². The first-order valence-corrected chi connectivity index (χ1v) is 17.7. The number of furan rings is 1. The molecule has 234 valence electrons. The van der Waals surface area contributed by atoms with Crippen LogP contribution in [0.4, 0.5) is 17.1 Å². The summed E-state index contributed by atoms with van der Waals surface area (Å²) in [6.07, 6.45) is 0. The highest BCUT2D eigenvalue weighted by Crippen LogP contribution is 2.46. The van der Waals surface area contributed by atoms with Crippen LogP contribution in [0.3, 0.4) is 0 Å². The lowest BCUT2D eigenvalue weighted by atomic mass is 10.0. The largest absolute Gasteiger partial charge is 0.454 e. The fourth-order valence-electron chi connectivity index (χ4n) is 7.92. The third-order valence-corrected chi connectivity index (χ3v) is 11.4. The highest BCUT2D eigenvalue weighted by Gasteiger charge is 2.22. The number of benzene rings is 8. The molecule has 50 heavy (non-hydrogen) atoms. The van der Waals surface area contributed by atoms with Gasteiger partial charge < -0.3 is 13.9 Å². The van der Waals surface area contributed by atoms with E-state index in [0.717, 1.165) is 50.2 Å². The van der Waals surface area contributed by atoms with E-state index in [1.807, 2.05) is 17.4 Å². The van der Waals surface area contributed by atoms with Crippen LogP contribution in [0.1, 0.15) is 0 Å². The second-order valence-corrected chi connectivity index (χ2v) is 14.0. The Balaban J connectivity index is 1.21. The third-order valence-electron chi connectivity index (χ3n) is 10.2. The SMILES string of the molecule is c1ccc(-n2c3ccccc3c3ccc(N(c4ccc5sc6c7ccccc7ccc6c5c4)c4cccc5c4oc4ccccc45)cc32)cc1. The number of rotatable bonds is 4. The zero-order valence-electron chi connectivity index (χ0n) is 26.9. The average Bonchev–Trinajstić information content (AvgIpc) is 3.85. The van der Waals surface area contributed by atoms with E-state index in [4.69, 9.17) is 4.42 Å². The maximum absolute atomic E-state index is 6.68. The molecule has 0 fully saturated rings. The molecule has 8 aromatic carbocycles. The molecular formula is C46H28N2OS. The van der Waals surface area contributed by atoms with Crippen LogP contribution in [-0.4, -0.2) is 4.57 Å². The summed E-state index contributed by atoms with van der Waals surface area (Å²) in [6.45, 7) is 0. The van der Waals surface area contributed by atoms with Crippen molar-refractivity contribution in [1.29, 1.82) is 0 Å². The van der Waals surface area contributed by atoms with E-state index in [1.165, 1.54) is 47.2 Å². The summed E-state index contributed by atoms with van der Waals surface area (Å²) >= 11 is 1.87. The van der Waals surface area contributed by atoms with E-state index in [1.54, 1.807) is 0 Å². The minimum Gasteiger partial charge on any atom is -0.454 e. The van der Waals surface area contributed by atoms with Gasteiger partial charge in [-0.25, -0.2) is 0 Å². The molecule has 0 saturated carbocycles. The Kier molecular flexibility index (Phi) is 5.83. The zero-order chi connectivity index (χ0) is 32.8. The number of hydrogen-bond acceptors (Lipinski definition) is 3. The first kappa shape index (κ1) is 27.6.